The molecular formula is C24H21ClFN5O. The van der Waals surface area contributed by atoms with Crippen molar-refractivity contribution in [3.63, 3.8) is 0 Å². The molecule has 0 bridgehead atoms. The lowest BCUT2D eigenvalue weighted by Gasteiger charge is -2.25. The molecule has 0 radical (unpaired) electrons. The summed E-state index contributed by atoms with van der Waals surface area (Å²) in [7, 11) is 0. The number of hydrogen-bond acceptors (Lipinski definition) is 4. The fourth-order valence-electron chi connectivity index (χ4n) is 4.56. The Labute approximate surface area is 190 Å². The number of amides is 1. The quantitative estimate of drug-likeness (QED) is 0.564. The second-order valence-corrected chi connectivity index (χ2v) is 8.73. The topological polar surface area (TPSA) is 65.2 Å². The summed E-state index contributed by atoms with van der Waals surface area (Å²) in [5.41, 5.74) is 2.74. The molecule has 0 N–H and O–H groups in total. The van der Waals surface area contributed by atoms with Gasteiger partial charge < -0.3 is 9.80 Å². The zero-order chi connectivity index (χ0) is 22.3. The number of fused-ring (bicyclic) bond motifs is 1. The molecule has 6 nitrogen and oxygen atoms in total. The zero-order valence-electron chi connectivity index (χ0n) is 17.3. The van der Waals surface area contributed by atoms with Crippen LogP contribution in [0.1, 0.15) is 17.5 Å². The average Bonchev–Trinajstić information content (AvgIpc) is 3.51. The summed E-state index contributed by atoms with van der Waals surface area (Å²) in [6.07, 6.45) is 4.41. The molecule has 1 aromatic heterocycles. The minimum atomic E-state index is -2.01. The highest BCUT2D eigenvalue weighted by molar-refractivity contribution is 6.30. The first-order valence-electron chi connectivity index (χ1n) is 10.5. The third-order valence-electron chi connectivity index (χ3n) is 6.20. The Kier molecular flexibility index (Phi) is 5.10. The monoisotopic (exact) mass is 449 g/mol. The van der Waals surface area contributed by atoms with E-state index in [1.807, 2.05) is 53.3 Å². The van der Waals surface area contributed by atoms with E-state index < -0.39 is 11.6 Å². The Balaban J connectivity index is 1.39. The summed E-state index contributed by atoms with van der Waals surface area (Å²) in [6.45, 7) is 1.13. The van der Waals surface area contributed by atoms with Gasteiger partial charge in [-0.15, -0.1) is 0 Å². The van der Waals surface area contributed by atoms with Crippen LogP contribution < -0.4 is 4.90 Å². The number of nitriles is 1. The Bertz CT molecular complexity index is 1240. The fourth-order valence-corrected chi connectivity index (χ4v) is 4.77. The van der Waals surface area contributed by atoms with Crippen LogP contribution in [-0.2, 0) is 17.8 Å². The van der Waals surface area contributed by atoms with Crippen molar-refractivity contribution < 1.29 is 9.18 Å². The summed E-state index contributed by atoms with van der Waals surface area (Å²) in [5.74, 6) is -0.548. The Morgan fingerprint density at radius 2 is 2.09 bits per heavy atom. The molecule has 162 valence electrons. The van der Waals surface area contributed by atoms with E-state index in [1.54, 1.807) is 6.20 Å². The summed E-state index contributed by atoms with van der Waals surface area (Å²) >= 11 is 6.11. The van der Waals surface area contributed by atoms with Gasteiger partial charge in [0.2, 0.25) is 5.67 Å². The number of likely N-dealkylation sites (tertiary alicyclic amines) is 1. The van der Waals surface area contributed by atoms with Crippen molar-refractivity contribution in [2.45, 2.75) is 25.1 Å². The summed E-state index contributed by atoms with van der Waals surface area (Å²) in [6, 6.07) is 15.5. The molecule has 2 aliphatic rings. The van der Waals surface area contributed by atoms with Gasteiger partial charge >= 0.3 is 0 Å². The molecule has 1 unspecified atom stereocenters. The SMILES string of the molecule is N#CN1CCC(F)(C(=O)N2CCc3cc(-c4ccnn4Cc4cccc(Cl)c4)ccc32)C1. The average molecular weight is 450 g/mol. The third kappa shape index (κ3) is 3.61. The highest BCUT2D eigenvalue weighted by atomic mass is 35.5. The standard InChI is InChI=1S/C24H21ClFN5O/c25-20-3-1-2-17(12-20)14-31-22(6-9-28-31)18-4-5-21-19(13-18)7-10-30(21)23(32)24(26)8-11-29(15-24)16-27/h1-6,9,12-13H,7-8,10-11,14-15H2. The number of halogens is 2. The van der Waals surface area contributed by atoms with Gasteiger partial charge in [0.25, 0.3) is 5.91 Å². The van der Waals surface area contributed by atoms with Crippen molar-refractivity contribution in [2.75, 3.05) is 24.5 Å². The minimum Gasteiger partial charge on any atom is -0.309 e. The van der Waals surface area contributed by atoms with Crippen molar-refractivity contribution in [1.29, 1.82) is 5.26 Å². The second-order valence-electron chi connectivity index (χ2n) is 8.29. The molecule has 32 heavy (non-hydrogen) atoms. The zero-order valence-corrected chi connectivity index (χ0v) is 18.1. The van der Waals surface area contributed by atoms with Crippen molar-refractivity contribution in [3.8, 4) is 17.5 Å². The first kappa shape index (κ1) is 20.5. The van der Waals surface area contributed by atoms with Gasteiger partial charge in [-0.3, -0.25) is 9.48 Å². The van der Waals surface area contributed by atoms with Crippen molar-refractivity contribution >= 4 is 23.2 Å². The first-order valence-corrected chi connectivity index (χ1v) is 10.9. The molecule has 0 aliphatic carbocycles. The predicted octanol–water partition coefficient (Wildman–Crippen LogP) is 4.04. The van der Waals surface area contributed by atoms with E-state index in [2.05, 4.69) is 11.2 Å². The summed E-state index contributed by atoms with van der Waals surface area (Å²) in [4.78, 5) is 15.8. The molecule has 0 spiro atoms. The largest absolute Gasteiger partial charge is 0.309 e. The van der Waals surface area contributed by atoms with Crippen molar-refractivity contribution in [1.82, 2.24) is 14.7 Å². The van der Waals surface area contributed by atoms with Crippen LogP contribution in [0.15, 0.2) is 54.7 Å². The molecule has 2 aliphatic heterocycles. The molecule has 1 amide bonds. The lowest BCUT2D eigenvalue weighted by Crippen LogP contribution is -2.47. The molecule has 2 aromatic carbocycles. The molecule has 1 saturated heterocycles. The summed E-state index contributed by atoms with van der Waals surface area (Å²) < 4.78 is 17.2. The number of alkyl halides is 1. The highest BCUT2D eigenvalue weighted by Crippen LogP contribution is 2.36. The number of anilines is 1. The Morgan fingerprint density at radius 3 is 2.88 bits per heavy atom. The van der Waals surface area contributed by atoms with Crippen LogP contribution in [-0.4, -0.2) is 45.9 Å². The van der Waals surface area contributed by atoms with E-state index >= 15 is 4.39 Å². The maximum atomic E-state index is 15.3. The molecule has 5 rings (SSSR count). The lowest BCUT2D eigenvalue weighted by molar-refractivity contribution is -0.129. The van der Waals surface area contributed by atoms with Gasteiger partial charge in [-0.1, -0.05) is 29.8 Å². The normalized spacial score (nSPS) is 19.8. The number of nitrogens with zero attached hydrogens (tertiary/aromatic N) is 5. The molecular weight excluding hydrogens is 429 g/mol. The van der Waals surface area contributed by atoms with Crippen molar-refractivity contribution in [3.05, 3.63) is 70.9 Å². The van der Waals surface area contributed by atoms with Gasteiger partial charge in [-0.05, 0) is 47.9 Å². The van der Waals surface area contributed by atoms with Crippen LogP contribution in [0, 0.1) is 11.5 Å². The van der Waals surface area contributed by atoms with Gasteiger partial charge in [-0.2, -0.15) is 10.4 Å². The molecule has 3 aromatic rings. The van der Waals surface area contributed by atoms with Gasteiger partial charge in [0.05, 0.1) is 18.8 Å². The van der Waals surface area contributed by atoms with E-state index in [-0.39, 0.29) is 19.5 Å². The third-order valence-corrected chi connectivity index (χ3v) is 6.43. The van der Waals surface area contributed by atoms with E-state index in [0.29, 0.717) is 24.5 Å². The maximum absolute atomic E-state index is 15.3. The van der Waals surface area contributed by atoms with E-state index in [0.717, 1.165) is 28.1 Å². The van der Waals surface area contributed by atoms with E-state index in [4.69, 9.17) is 16.9 Å². The van der Waals surface area contributed by atoms with Crippen LogP contribution >= 0.6 is 11.6 Å². The number of rotatable bonds is 4. The predicted molar refractivity (Wildman–Crippen MR) is 120 cm³/mol. The number of benzene rings is 2. The smallest absolute Gasteiger partial charge is 0.266 e. The molecule has 0 saturated carbocycles. The lowest BCUT2D eigenvalue weighted by atomic mass is 10.0. The van der Waals surface area contributed by atoms with Crippen LogP contribution in [0.2, 0.25) is 5.02 Å². The molecule has 1 fully saturated rings. The fraction of sp³-hybridized carbons (Fsp3) is 0.292. The van der Waals surface area contributed by atoms with E-state index in [1.165, 1.54) is 9.80 Å². The number of carbonyl (C=O) groups excluding carboxylic acids is 1. The first-order chi connectivity index (χ1) is 15.5. The molecule has 1 atom stereocenters. The Morgan fingerprint density at radius 1 is 1.22 bits per heavy atom. The number of aromatic nitrogens is 2. The molecule has 3 heterocycles. The van der Waals surface area contributed by atoms with Gasteiger partial charge in [0.1, 0.15) is 0 Å². The number of hydrogen-bond donors (Lipinski definition) is 0. The van der Waals surface area contributed by atoms with Crippen LogP contribution in [0.5, 0.6) is 0 Å². The maximum Gasteiger partial charge on any atom is 0.266 e. The van der Waals surface area contributed by atoms with Crippen LogP contribution in [0.4, 0.5) is 10.1 Å². The van der Waals surface area contributed by atoms with E-state index in [9.17, 15) is 4.79 Å². The molecule has 8 heteroatoms. The van der Waals surface area contributed by atoms with Crippen LogP contribution in [0.25, 0.3) is 11.3 Å². The van der Waals surface area contributed by atoms with Gasteiger partial charge in [0.15, 0.2) is 6.19 Å². The van der Waals surface area contributed by atoms with Crippen molar-refractivity contribution in [2.24, 2.45) is 0 Å². The second kappa shape index (κ2) is 7.95. The van der Waals surface area contributed by atoms with Crippen LogP contribution in [0.3, 0.4) is 0 Å². The minimum absolute atomic E-state index is 0.0476. The van der Waals surface area contributed by atoms with Gasteiger partial charge in [-0.25, -0.2) is 4.39 Å². The van der Waals surface area contributed by atoms with Gasteiger partial charge in [0, 0.05) is 42.0 Å². The number of carbonyl (C=O) groups is 1. The highest BCUT2D eigenvalue weighted by Gasteiger charge is 2.48. The summed E-state index contributed by atoms with van der Waals surface area (Å²) in [5, 5.41) is 14.2. The Hall–Kier alpha value is -3.37.